The quantitative estimate of drug-likeness (QED) is 0.851. The van der Waals surface area contributed by atoms with Crippen LogP contribution in [-0.4, -0.2) is 61.6 Å². The second-order valence-corrected chi connectivity index (χ2v) is 7.16. The number of piperidine rings is 1. The van der Waals surface area contributed by atoms with Crippen LogP contribution in [-0.2, 0) is 20.1 Å². The molecule has 2 aliphatic heterocycles. The van der Waals surface area contributed by atoms with Crippen molar-refractivity contribution in [2.45, 2.75) is 38.0 Å². The van der Waals surface area contributed by atoms with Crippen LogP contribution >= 0.6 is 0 Å². The Balaban J connectivity index is 1.38. The lowest BCUT2D eigenvalue weighted by Gasteiger charge is -2.37. The van der Waals surface area contributed by atoms with Gasteiger partial charge in [0, 0.05) is 56.4 Å². The molecule has 2 fully saturated rings. The van der Waals surface area contributed by atoms with Gasteiger partial charge in [0.1, 0.15) is 0 Å². The monoisotopic (exact) mass is 314 g/mol. The number of rotatable bonds is 4. The summed E-state index contributed by atoms with van der Waals surface area (Å²) in [5.74, 6) is 0.783. The van der Waals surface area contributed by atoms with Crippen LogP contribution in [0.2, 0.25) is 0 Å². The molecule has 0 aliphatic carbocycles. The van der Waals surface area contributed by atoms with Gasteiger partial charge in [-0.3, -0.25) is 19.2 Å². The van der Waals surface area contributed by atoms with Crippen molar-refractivity contribution < 1.29 is 0 Å². The average molecular weight is 314 g/mol. The second kappa shape index (κ2) is 6.09. The number of aryl methyl sites for hydroxylation is 1. The Morgan fingerprint density at radius 1 is 1.26 bits per heavy atom. The van der Waals surface area contributed by atoms with E-state index < -0.39 is 0 Å². The van der Waals surface area contributed by atoms with Crippen molar-refractivity contribution in [3.63, 3.8) is 0 Å². The normalized spacial score (nSPS) is 29.0. The predicted molar refractivity (Wildman–Crippen MR) is 88.8 cm³/mol. The first-order valence-corrected chi connectivity index (χ1v) is 8.58. The number of fused-ring (bicyclic) bond motifs is 1. The molecule has 0 bridgehead atoms. The van der Waals surface area contributed by atoms with Gasteiger partial charge in [-0.05, 0) is 38.4 Å². The summed E-state index contributed by atoms with van der Waals surface area (Å²) in [7, 11) is 4.29. The molecule has 6 nitrogen and oxygen atoms in total. The van der Waals surface area contributed by atoms with Gasteiger partial charge in [0.2, 0.25) is 0 Å². The fourth-order valence-corrected chi connectivity index (χ4v) is 4.43. The zero-order chi connectivity index (χ0) is 15.8. The van der Waals surface area contributed by atoms with Crippen LogP contribution in [0.15, 0.2) is 30.9 Å². The molecule has 0 saturated carbocycles. The molecule has 2 aromatic heterocycles. The number of aromatic nitrogens is 4. The fourth-order valence-electron chi connectivity index (χ4n) is 4.43. The van der Waals surface area contributed by atoms with Gasteiger partial charge >= 0.3 is 0 Å². The summed E-state index contributed by atoms with van der Waals surface area (Å²) < 4.78 is 3.97. The SMILES string of the molecule is CN1C(Cn2cccn2)C[C@@H]2CN(Cc3cnn(C)c3)CC[C@@H]21. The maximum Gasteiger partial charge on any atom is 0.0565 e. The van der Waals surface area contributed by atoms with Crippen LogP contribution in [0.4, 0.5) is 0 Å². The van der Waals surface area contributed by atoms with Crippen molar-refractivity contribution in [1.29, 1.82) is 0 Å². The Bertz CT molecular complexity index is 633. The molecule has 4 heterocycles. The van der Waals surface area contributed by atoms with Crippen molar-refractivity contribution in [3.8, 4) is 0 Å². The molecule has 0 amide bonds. The highest BCUT2D eigenvalue weighted by molar-refractivity contribution is 5.05. The van der Waals surface area contributed by atoms with E-state index in [0.717, 1.165) is 25.0 Å². The van der Waals surface area contributed by atoms with Gasteiger partial charge in [-0.1, -0.05) is 0 Å². The molecule has 0 spiro atoms. The molecule has 0 radical (unpaired) electrons. The molecule has 1 unspecified atom stereocenters. The van der Waals surface area contributed by atoms with Crippen LogP contribution in [0.3, 0.4) is 0 Å². The largest absolute Gasteiger partial charge is 0.299 e. The molecule has 0 aromatic carbocycles. The van der Waals surface area contributed by atoms with E-state index in [1.165, 1.54) is 31.5 Å². The Morgan fingerprint density at radius 3 is 2.91 bits per heavy atom. The van der Waals surface area contributed by atoms with Crippen molar-refractivity contribution >= 4 is 0 Å². The van der Waals surface area contributed by atoms with Crippen LogP contribution in [0.5, 0.6) is 0 Å². The third-order valence-electron chi connectivity index (χ3n) is 5.57. The first-order chi connectivity index (χ1) is 11.2. The molecule has 4 rings (SSSR count). The summed E-state index contributed by atoms with van der Waals surface area (Å²) in [5, 5.41) is 8.66. The van der Waals surface area contributed by atoms with E-state index in [4.69, 9.17) is 0 Å². The molecule has 2 aromatic rings. The number of hydrogen-bond acceptors (Lipinski definition) is 4. The number of likely N-dealkylation sites (N-methyl/N-ethyl adjacent to an activating group) is 1. The van der Waals surface area contributed by atoms with Crippen LogP contribution in [0, 0.1) is 5.92 Å². The van der Waals surface area contributed by atoms with Crippen LogP contribution < -0.4 is 0 Å². The lowest BCUT2D eigenvalue weighted by molar-refractivity contribution is 0.109. The summed E-state index contributed by atoms with van der Waals surface area (Å²) in [5.41, 5.74) is 1.32. The minimum absolute atomic E-state index is 0.614. The summed E-state index contributed by atoms with van der Waals surface area (Å²) in [6, 6.07) is 3.36. The molecule has 23 heavy (non-hydrogen) atoms. The zero-order valence-corrected chi connectivity index (χ0v) is 14.0. The minimum Gasteiger partial charge on any atom is -0.299 e. The number of nitrogens with zero attached hydrogens (tertiary/aromatic N) is 6. The van der Waals surface area contributed by atoms with Gasteiger partial charge in [0.25, 0.3) is 0 Å². The molecule has 124 valence electrons. The summed E-state index contributed by atoms with van der Waals surface area (Å²) in [6.07, 6.45) is 10.6. The van der Waals surface area contributed by atoms with Crippen LogP contribution in [0.1, 0.15) is 18.4 Å². The Labute approximate surface area is 137 Å². The third-order valence-corrected chi connectivity index (χ3v) is 5.57. The highest BCUT2D eigenvalue weighted by Crippen LogP contribution is 2.35. The van der Waals surface area contributed by atoms with E-state index in [9.17, 15) is 0 Å². The van der Waals surface area contributed by atoms with Gasteiger partial charge < -0.3 is 0 Å². The standard InChI is InChI=1S/C17H26N6/c1-20-10-14(9-19-20)11-22-7-4-17-15(12-22)8-16(21(17)2)13-23-6-3-5-18-23/h3,5-6,9-10,15-17H,4,7-8,11-13H2,1-2H3/t15-,16?,17+/m1/s1. The summed E-state index contributed by atoms with van der Waals surface area (Å²) in [6.45, 7) is 4.44. The third kappa shape index (κ3) is 3.05. The van der Waals surface area contributed by atoms with Gasteiger partial charge in [-0.15, -0.1) is 0 Å². The highest BCUT2D eigenvalue weighted by Gasteiger charge is 2.41. The molecule has 3 atom stereocenters. The number of likely N-dealkylation sites (tertiary alicyclic amines) is 2. The summed E-state index contributed by atoms with van der Waals surface area (Å²) >= 11 is 0. The van der Waals surface area contributed by atoms with Gasteiger partial charge in [0.15, 0.2) is 0 Å². The van der Waals surface area contributed by atoms with Crippen molar-refractivity contribution in [2.24, 2.45) is 13.0 Å². The van der Waals surface area contributed by atoms with Gasteiger partial charge in [0.05, 0.1) is 12.7 Å². The summed E-state index contributed by atoms with van der Waals surface area (Å²) in [4.78, 5) is 5.20. The molecular weight excluding hydrogens is 288 g/mol. The first-order valence-electron chi connectivity index (χ1n) is 8.58. The zero-order valence-electron chi connectivity index (χ0n) is 14.0. The second-order valence-electron chi connectivity index (χ2n) is 7.16. The molecular formula is C17H26N6. The fraction of sp³-hybridized carbons (Fsp3) is 0.647. The first kappa shape index (κ1) is 14.9. The smallest absolute Gasteiger partial charge is 0.0565 e. The lowest BCUT2D eigenvalue weighted by atomic mass is 9.92. The van der Waals surface area contributed by atoms with E-state index >= 15 is 0 Å². The van der Waals surface area contributed by atoms with Gasteiger partial charge in [-0.2, -0.15) is 10.2 Å². The lowest BCUT2D eigenvalue weighted by Crippen LogP contribution is -2.45. The number of hydrogen-bond donors (Lipinski definition) is 0. The Morgan fingerprint density at radius 2 is 2.17 bits per heavy atom. The highest BCUT2D eigenvalue weighted by atomic mass is 15.3. The van der Waals surface area contributed by atoms with Crippen molar-refractivity contribution in [2.75, 3.05) is 20.1 Å². The van der Waals surface area contributed by atoms with Gasteiger partial charge in [-0.25, -0.2) is 0 Å². The molecule has 2 saturated heterocycles. The Kier molecular flexibility index (Phi) is 3.95. The average Bonchev–Trinajstić information content (AvgIpc) is 3.24. The van der Waals surface area contributed by atoms with E-state index in [2.05, 4.69) is 44.1 Å². The van der Waals surface area contributed by atoms with E-state index in [1.54, 1.807) is 0 Å². The van der Waals surface area contributed by atoms with Crippen molar-refractivity contribution in [3.05, 3.63) is 36.4 Å². The van der Waals surface area contributed by atoms with Crippen LogP contribution in [0.25, 0.3) is 0 Å². The van der Waals surface area contributed by atoms with Crippen molar-refractivity contribution in [1.82, 2.24) is 29.4 Å². The molecule has 6 heteroatoms. The molecule has 0 N–H and O–H groups in total. The maximum atomic E-state index is 4.37. The maximum absolute atomic E-state index is 4.37. The van der Waals surface area contributed by atoms with E-state index in [0.29, 0.717) is 6.04 Å². The molecule has 2 aliphatic rings. The minimum atomic E-state index is 0.614. The Hall–Kier alpha value is -1.66. The predicted octanol–water partition coefficient (Wildman–Crippen LogP) is 1.21. The van der Waals surface area contributed by atoms with E-state index in [-0.39, 0.29) is 0 Å². The van der Waals surface area contributed by atoms with E-state index in [1.807, 2.05) is 30.2 Å². The topological polar surface area (TPSA) is 42.1 Å².